The average Bonchev–Trinajstić information content (AvgIpc) is 2.92. The smallest absolute Gasteiger partial charge is 0.225 e. The molecule has 1 aromatic carbocycles. The van der Waals surface area contributed by atoms with Crippen molar-refractivity contribution >= 4 is 17.7 Å². The molecule has 0 spiro atoms. The Labute approximate surface area is 149 Å². The molecule has 0 saturated carbocycles. The number of hydrogen-bond donors (Lipinski definition) is 2. The first kappa shape index (κ1) is 19.0. The molecule has 1 unspecified atom stereocenters. The van der Waals surface area contributed by atoms with E-state index in [0.717, 1.165) is 5.56 Å². The predicted octanol–water partition coefficient (Wildman–Crippen LogP) is 1.31. The molecule has 0 bridgehead atoms. The van der Waals surface area contributed by atoms with Gasteiger partial charge in [0.15, 0.2) is 0 Å². The van der Waals surface area contributed by atoms with Gasteiger partial charge in [-0.1, -0.05) is 51.1 Å². The van der Waals surface area contributed by atoms with Crippen molar-refractivity contribution in [1.29, 1.82) is 0 Å². The zero-order chi connectivity index (χ0) is 18.4. The minimum absolute atomic E-state index is 0.00467. The maximum atomic E-state index is 12.2. The van der Waals surface area contributed by atoms with Crippen LogP contribution >= 0.6 is 0 Å². The summed E-state index contributed by atoms with van der Waals surface area (Å²) in [6, 6.07) is 9.75. The van der Waals surface area contributed by atoms with Crippen LogP contribution in [0.1, 0.15) is 32.8 Å². The van der Waals surface area contributed by atoms with E-state index in [-0.39, 0.29) is 30.1 Å². The Bertz CT molecular complexity index is 623. The Balaban J connectivity index is 1.74. The number of benzene rings is 1. The molecular formula is C19H27N3O3. The molecule has 6 nitrogen and oxygen atoms in total. The highest BCUT2D eigenvalue weighted by atomic mass is 16.2. The summed E-state index contributed by atoms with van der Waals surface area (Å²) in [6.45, 7) is 7.24. The number of likely N-dealkylation sites (tertiary alicyclic amines) is 1. The van der Waals surface area contributed by atoms with E-state index in [1.807, 2.05) is 51.1 Å². The largest absolute Gasteiger partial charge is 0.354 e. The molecule has 6 heteroatoms. The van der Waals surface area contributed by atoms with Crippen molar-refractivity contribution in [3.05, 3.63) is 35.9 Å². The quantitative estimate of drug-likeness (QED) is 0.763. The molecule has 2 rings (SSSR count). The van der Waals surface area contributed by atoms with Gasteiger partial charge >= 0.3 is 0 Å². The molecule has 3 amide bonds. The number of amides is 3. The van der Waals surface area contributed by atoms with Gasteiger partial charge in [0, 0.05) is 38.0 Å². The van der Waals surface area contributed by atoms with E-state index in [1.54, 1.807) is 4.90 Å². The van der Waals surface area contributed by atoms with E-state index in [1.165, 1.54) is 0 Å². The maximum Gasteiger partial charge on any atom is 0.225 e. The van der Waals surface area contributed by atoms with Crippen LogP contribution in [0.4, 0.5) is 0 Å². The van der Waals surface area contributed by atoms with E-state index in [0.29, 0.717) is 26.2 Å². The summed E-state index contributed by atoms with van der Waals surface area (Å²) in [5.41, 5.74) is 0.613. The molecule has 25 heavy (non-hydrogen) atoms. The summed E-state index contributed by atoms with van der Waals surface area (Å²) >= 11 is 0. The molecule has 1 aliphatic heterocycles. The highest BCUT2D eigenvalue weighted by molar-refractivity contribution is 5.89. The number of rotatable bonds is 6. The Morgan fingerprint density at radius 3 is 2.40 bits per heavy atom. The van der Waals surface area contributed by atoms with E-state index >= 15 is 0 Å². The minimum Gasteiger partial charge on any atom is -0.354 e. The lowest BCUT2D eigenvalue weighted by Crippen LogP contribution is -2.41. The van der Waals surface area contributed by atoms with Gasteiger partial charge < -0.3 is 15.5 Å². The van der Waals surface area contributed by atoms with Crippen LogP contribution in [-0.4, -0.2) is 42.3 Å². The van der Waals surface area contributed by atoms with Crippen molar-refractivity contribution in [2.75, 3.05) is 19.6 Å². The fraction of sp³-hybridized carbons (Fsp3) is 0.526. The molecule has 1 atom stereocenters. The molecular weight excluding hydrogens is 318 g/mol. The highest BCUT2D eigenvalue weighted by Crippen LogP contribution is 2.20. The van der Waals surface area contributed by atoms with Gasteiger partial charge in [-0.15, -0.1) is 0 Å². The summed E-state index contributed by atoms with van der Waals surface area (Å²) in [4.78, 5) is 37.8. The summed E-state index contributed by atoms with van der Waals surface area (Å²) in [7, 11) is 0. The number of nitrogens with zero attached hydrogens (tertiary/aromatic N) is 1. The molecule has 136 valence electrons. The lowest BCUT2D eigenvalue weighted by atomic mass is 9.96. The van der Waals surface area contributed by atoms with Crippen LogP contribution in [0, 0.1) is 11.3 Å². The topological polar surface area (TPSA) is 78.5 Å². The molecule has 1 aliphatic rings. The van der Waals surface area contributed by atoms with Crippen LogP contribution < -0.4 is 10.6 Å². The van der Waals surface area contributed by atoms with Crippen molar-refractivity contribution < 1.29 is 14.4 Å². The van der Waals surface area contributed by atoms with Crippen molar-refractivity contribution in [3.8, 4) is 0 Å². The van der Waals surface area contributed by atoms with Gasteiger partial charge in [-0.2, -0.15) is 0 Å². The average molecular weight is 345 g/mol. The van der Waals surface area contributed by atoms with E-state index in [2.05, 4.69) is 10.6 Å². The van der Waals surface area contributed by atoms with Crippen LogP contribution in [0.5, 0.6) is 0 Å². The predicted molar refractivity (Wildman–Crippen MR) is 95.4 cm³/mol. The number of carbonyl (C=O) groups is 3. The fourth-order valence-electron chi connectivity index (χ4n) is 2.68. The van der Waals surface area contributed by atoms with Crippen molar-refractivity contribution in [2.24, 2.45) is 11.3 Å². The Hall–Kier alpha value is -2.37. The Morgan fingerprint density at radius 2 is 1.76 bits per heavy atom. The van der Waals surface area contributed by atoms with Crippen LogP contribution in [0.2, 0.25) is 0 Å². The SMILES string of the molecule is CC(C)(C)C(=O)NCCNC(=O)C1CC(=O)N(Cc2ccccc2)C1. The maximum absolute atomic E-state index is 12.2. The van der Waals surface area contributed by atoms with Crippen LogP contribution in [0.3, 0.4) is 0 Å². The van der Waals surface area contributed by atoms with Crippen molar-refractivity contribution in [3.63, 3.8) is 0 Å². The molecule has 2 N–H and O–H groups in total. The zero-order valence-corrected chi connectivity index (χ0v) is 15.2. The van der Waals surface area contributed by atoms with Gasteiger partial charge in [0.25, 0.3) is 0 Å². The second-order valence-electron chi connectivity index (χ2n) is 7.46. The van der Waals surface area contributed by atoms with Gasteiger partial charge in [-0.25, -0.2) is 0 Å². The number of hydrogen-bond acceptors (Lipinski definition) is 3. The summed E-state index contributed by atoms with van der Waals surface area (Å²) < 4.78 is 0. The molecule has 0 aromatic heterocycles. The molecule has 1 aromatic rings. The zero-order valence-electron chi connectivity index (χ0n) is 15.2. The van der Waals surface area contributed by atoms with Crippen molar-refractivity contribution in [2.45, 2.75) is 33.7 Å². The first-order valence-corrected chi connectivity index (χ1v) is 8.65. The molecule has 1 fully saturated rings. The van der Waals surface area contributed by atoms with Crippen LogP contribution in [0.25, 0.3) is 0 Å². The lowest BCUT2D eigenvalue weighted by molar-refractivity contribution is -0.129. The Morgan fingerprint density at radius 1 is 1.12 bits per heavy atom. The fourth-order valence-corrected chi connectivity index (χ4v) is 2.68. The molecule has 1 saturated heterocycles. The molecule has 0 radical (unpaired) electrons. The third kappa shape index (κ3) is 5.59. The van der Waals surface area contributed by atoms with Crippen LogP contribution in [0.15, 0.2) is 30.3 Å². The molecule has 1 heterocycles. The van der Waals surface area contributed by atoms with E-state index < -0.39 is 5.41 Å². The van der Waals surface area contributed by atoms with E-state index in [4.69, 9.17) is 0 Å². The first-order valence-electron chi connectivity index (χ1n) is 8.65. The van der Waals surface area contributed by atoms with Crippen LogP contribution in [-0.2, 0) is 20.9 Å². The highest BCUT2D eigenvalue weighted by Gasteiger charge is 2.34. The third-order valence-electron chi connectivity index (χ3n) is 4.19. The second-order valence-corrected chi connectivity index (χ2v) is 7.46. The van der Waals surface area contributed by atoms with Gasteiger partial charge in [0.1, 0.15) is 0 Å². The minimum atomic E-state index is -0.445. The summed E-state index contributed by atoms with van der Waals surface area (Å²) in [5, 5.41) is 5.59. The third-order valence-corrected chi connectivity index (χ3v) is 4.19. The lowest BCUT2D eigenvalue weighted by Gasteiger charge is -2.18. The normalized spacial score (nSPS) is 17.5. The van der Waals surface area contributed by atoms with Crippen molar-refractivity contribution in [1.82, 2.24) is 15.5 Å². The van der Waals surface area contributed by atoms with Gasteiger partial charge in [0.05, 0.1) is 5.92 Å². The molecule has 0 aliphatic carbocycles. The monoisotopic (exact) mass is 345 g/mol. The first-order chi connectivity index (χ1) is 11.8. The summed E-state index contributed by atoms with van der Waals surface area (Å²) in [6.07, 6.45) is 0.243. The number of carbonyl (C=O) groups excluding carboxylic acids is 3. The van der Waals surface area contributed by atoms with Gasteiger partial charge in [-0.3, -0.25) is 14.4 Å². The van der Waals surface area contributed by atoms with Gasteiger partial charge in [0.2, 0.25) is 17.7 Å². The second kappa shape index (κ2) is 8.14. The van der Waals surface area contributed by atoms with E-state index in [9.17, 15) is 14.4 Å². The Kier molecular flexibility index (Phi) is 6.17. The standard InChI is InChI=1S/C19H27N3O3/c1-19(2,3)18(25)21-10-9-20-17(24)15-11-16(23)22(13-15)12-14-7-5-4-6-8-14/h4-8,15H,9-13H2,1-3H3,(H,20,24)(H,21,25). The van der Waals surface area contributed by atoms with Gasteiger partial charge in [-0.05, 0) is 5.56 Å². The summed E-state index contributed by atoms with van der Waals surface area (Å²) in [5.74, 6) is -0.500. The number of nitrogens with one attached hydrogen (secondary N) is 2.